The molecule has 0 atom stereocenters. The van der Waals surface area contributed by atoms with Crippen LogP contribution in [0.25, 0.3) is 0 Å². The van der Waals surface area contributed by atoms with Crippen molar-refractivity contribution >= 4 is 21.9 Å². The lowest BCUT2D eigenvalue weighted by Gasteiger charge is -2.16. The number of benzene rings is 1. The third kappa shape index (κ3) is 3.92. The lowest BCUT2D eigenvalue weighted by molar-refractivity contribution is -0.118. The highest BCUT2D eigenvalue weighted by Gasteiger charge is 2.24. The molecule has 0 bridgehead atoms. The van der Waals surface area contributed by atoms with Gasteiger partial charge >= 0.3 is 5.97 Å². The van der Waals surface area contributed by atoms with E-state index in [1.54, 1.807) is 6.92 Å². The van der Waals surface area contributed by atoms with E-state index in [-0.39, 0.29) is 22.8 Å². The molecule has 0 radical (unpaired) electrons. The number of aromatic carboxylic acids is 1. The molecule has 21 heavy (non-hydrogen) atoms. The molecule has 0 unspecified atom stereocenters. The summed E-state index contributed by atoms with van der Waals surface area (Å²) in [6.45, 7) is 1.42. The second-order valence-electron chi connectivity index (χ2n) is 4.12. The maximum Gasteiger partial charge on any atom is 0.339 e. The average molecular weight is 316 g/mol. The number of rotatable bonds is 7. The molecule has 0 aliphatic rings. The maximum atomic E-state index is 12.2. The van der Waals surface area contributed by atoms with E-state index in [2.05, 4.69) is 0 Å². The number of carbonyl (C=O) groups is 2. The van der Waals surface area contributed by atoms with E-state index in [0.29, 0.717) is 0 Å². The standard InChI is InChI=1S/C12H16N2O6S/c1-3-20-10-5-4-8(6-9(10)12(16)17)21(18,19)14(2)7-11(13)15/h4-6H,3,7H2,1-2H3,(H2,13,15)(H,16,17). The lowest BCUT2D eigenvalue weighted by atomic mass is 10.2. The minimum Gasteiger partial charge on any atom is -0.493 e. The molecule has 0 aliphatic heterocycles. The van der Waals surface area contributed by atoms with Crippen LogP contribution < -0.4 is 10.5 Å². The number of sulfonamides is 1. The van der Waals surface area contributed by atoms with Crippen molar-refractivity contribution in [2.45, 2.75) is 11.8 Å². The van der Waals surface area contributed by atoms with Crippen LogP contribution in [0.5, 0.6) is 5.75 Å². The van der Waals surface area contributed by atoms with Crippen molar-refractivity contribution in [1.29, 1.82) is 0 Å². The van der Waals surface area contributed by atoms with Crippen molar-refractivity contribution < 1.29 is 27.9 Å². The van der Waals surface area contributed by atoms with E-state index in [4.69, 9.17) is 15.6 Å². The smallest absolute Gasteiger partial charge is 0.339 e. The molecule has 0 fully saturated rings. The fraction of sp³-hybridized carbons (Fsp3) is 0.333. The van der Waals surface area contributed by atoms with Gasteiger partial charge in [-0.2, -0.15) is 4.31 Å². The number of primary amides is 1. The van der Waals surface area contributed by atoms with Gasteiger partial charge in [0.05, 0.1) is 18.0 Å². The predicted octanol–water partition coefficient (Wildman–Crippen LogP) is -0.111. The molecule has 0 saturated heterocycles. The Hall–Kier alpha value is -2.13. The monoisotopic (exact) mass is 316 g/mol. The number of likely N-dealkylation sites (N-methyl/N-ethyl adjacent to an activating group) is 1. The molecular weight excluding hydrogens is 300 g/mol. The minimum absolute atomic E-state index is 0.0708. The summed E-state index contributed by atoms with van der Waals surface area (Å²) in [6, 6.07) is 3.46. The molecule has 0 aromatic heterocycles. The van der Waals surface area contributed by atoms with Crippen LogP contribution in [0.4, 0.5) is 0 Å². The largest absolute Gasteiger partial charge is 0.493 e. The van der Waals surface area contributed by atoms with E-state index in [0.717, 1.165) is 10.4 Å². The lowest BCUT2D eigenvalue weighted by Crippen LogP contribution is -2.35. The normalized spacial score (nSPS) is 11.4. The molecule has 0 aliphatic carbocycles. The second-order valence-corrected chi connectivity index (χ2v) is 6.17. The van der Waals surface area contributed by atoms with Crippen LogP contribution in [-0.2, 0) is 14.8 Å². The van der Waals surface area contributed by atoms with Crippen molar-refractivity contribution in [2.24, 2.45) is 5.73 Å². The second kappa shape index (κ2) is 6.55. The van der Waals surface area contributed by atoms with Gasteiger partial charge in [0, 0.05) is 7.05 Å². The topological polar surface area (TPSA) is 127 Å². The molecule has 0 spiro atoms. The van der Waals surface area contributed by atoms with Crippen LogP contribution in [0, 0.1) is 0 Å². The first kappa shape index (κ1) is 16.9. The number of hydrogen-bond donors (Lipinski definition) is 2. The third-order valence-electron chi connectivity index (χ3n) is 2.57. The van der Waals surface area contributed by atoms with Gasteiger partial charge in [-0.05, 0) is 25.1 Å². The Morgan fingerprint density at radius 1 is 1.38 bits per heavy atom. The number of carboxylic acids is 1. The number of carbonyl (C=O) groups excluding carboxylic acids is 1. The summed E-state index contributed by atoms with van der Waals surface area (Å²) in [5.41, 5.74) is 4.68. The highest BCUT2D eigenvalue weighted by molar-refractivity contribution is 7.89. The Labute approximate surface area is 122 Å². The van der Waals surface area contributed by atoms with Crippen LogP contribution in [0.15, 0.2) is 23.1 Å². The van der Waals surface area contributed by atoms with Crippen molar-refractivity contribution in [3.05, 3.63) is 23.8 Å². The maximum absolute atomic E-state index is 12.2. The summed E-state index contributed by atoms with van der Waals surface area (Å²) in [5, 5.41) is 9.10. The van der Waals surface area contributed by atoms with E-state index in [1.807, 2.05) is 0 Å². The zero-order valence-electron chi connectivity index (χ0n) is 11.6. The van der Waals surface area contributed by atoms with Gasteiger partial charge < -0.3 is 15.6 Å². The van der Waals surface area contributed by atoms with E-state index >= 15 is 0 Å². The van der Waals surface area contributed by atoms with Crippen LogP contribution in [0.3, 0.4) is 0 Å². The number of ether oxygens (including phenoxy) is 1. The Morgan fingerprint density at radius 2 is 2.00 bits per heavy atom. The first-order chi connectivity index (χ1) is 9.70. The van der Waals surface area contributed by atoms with Gasteiger partial charge in [0.1, 0.15) is 11.3 Å². The van der Waals surface area contributed by atoms with Crippen LogP contribution in [0.1, 0.15) is 17.3 Å². The molecule has 1 amide bonds. The van der Waals surface area contributed by atoms with Crippen LogP contribution in [0.2, 0.25) is 0 Å². The van der Waals surface area contributed by atoms with Crippen molar-refractivity contribution in [3.63, 3.8) is 0 Å². The third-order valence-corrected chi connectivity index (χ3v) is 4.37. The van der Waals surface area contributed by atoms with Crippen molar-refractivity contribution in [3.8, 4) is 5.75 Å². The number of amides is 1. The van der Waals surface area contributed by atoms with Crippen molar-refractivity contribution in [2.75, 3.05) is 20.2 Å². The van der Waals surface area contributed by atoms with Crippen molar-refractivity contribution in [1.82, 2.24) is 4.31 Å². The Balaban J connectivity index is 3.28. The van der Waals surface area contributed by atoms with Gasteiger partial charge in [0.25, 0.3) is 0 Å². The molecule has 9 heteroatoms. The van der Waals surface area contributed by atoms with Gasteiger partial charge in [-0.15, -0.1) is 0 Å². The molecule has 0 saturated carbocycles. The first-order valence-corrected chi connectivity index (χ1v) is 7.39. The van der Waals surface area contributed by atoms with Gasteiger partial charge in [0.2, 0.25) is 15.9 Å². The van der Waals surface area contributed by atoms with Gasteiger partial charge in [-0.25, -0.2) is 13.2 Å². The Kier molecular flexibility index (Phi) is 5.28. The molecule has 3 N–H and O–H groups in total. The quantitative estimate of drug-likeness (QED) is 0.722. The Bertz CT molecular complexity index is 656. The number of nitrogens with zero attached hydrogens (tertiary/aromatic N) is 1. The molecule has 116 valence electrons. The van der Waals surface area contributed by atoms with Crippen LogP contribution >= 0.6 is 0 Å². The molecule has 1 rings (SSSR count). The van der Waals surface area contributed by atoms with Gasteiger partial charge in [-0.1, -0.05) is 0 Å². The zero-order chi connectivity index (χ0) is 16.2. The van der Waals surface area contributed by atoms with Gasteiger partial charge in [-0.3, -0.25) is 4.79 Å². The number of hydrogen-bond acceptors (Lipinski definition) is 5. The highest BCUT2D eigenvalue weighted by atomic mass is 32.2. The molecule has 0 heterocycles. The summed E-state index contributed by atoms with van der Waals surface area (Å²) < 4.78 is 30.3. The number of nitrogens with two attached hydrogens (primary N) is 1. The first-order valence-electron chi connectivity index (χ1n) is 5.95. The summed E-state index contributed by atoms with van der Waals surface area (Å²) >= 11 is 0. The average Bonchev–Trinajstić information content (AvgIpc) is 2.38. The summed E-state index contributed by atoms with van der Waals surface area (Å²) in [7, 11) is -2.83. The molecule has 1 aromatic carbocycles. The van der Waals surface area contributed by atoms with Crippen LogP contribution in [-0.4, -0.2) is 49.9 Å². The van der Waals surface area contributed by atoms with E-state index < -0.39 is 28.4 Å². The summed E-state index contributed by atoms with van der Waals surface area (Å²) in [5.74, 6) is -2.06. The molecular formula is C12H16N2O6S. The molecule has 1 aromatic rings. The highest BCUT2D eigenvalue weighted by Crippen LogP contribution is 2.24. The zero-order valence-corrected chi connectivity index (χ0v) is 12.4. The molecule has 8 nitrogen and oxygen atoms in total. The van der Waals surface area contributed by atoms with E-state index in [9.17, 15) is 18.0 Å². The fourth-order valence-corrected chi connectivity index (χ4v) is 2.77. The number of carboxylic acid groups (broad SMARTS) is 1. The SMILES string of the molecule is CCOc1ccc(S(=O)(=O)N(C)CC(N)=O)cc1C(=O)O. The predicted molar refractivity (Wildman–Crippen MR) is 73.6 cm³/mol. The van der Waals surface area contributed by atoms with E-state index in [1.165, 1.54) is 19.2 Å². The summed E-state index contributed by atoms with van der Waals surface area (Å²) in [4.78, 5) is 21.7. The minimum atomic E-state index is -4.01. The van der Waals surface area contributed by atoms with Gasteiger partial charge in [0.15, 0.2) is 0 Å². The summed E-state index contributed by atoms with van der Waals surface area (Å²) in [6.07, 6.45) is 0. The fourth-order valence-electron chi connectivity index (χ4n) is 1.60. The Morgan fingerprint density at radius 3 is 2.48 bits per heavy atom.